The van der Waals surface area contributed by atoms with Crippen molar-refractivity contribution in [3.63, 3.8) is 0 Å². The normalized spacial score (nSPS) is 10.5. The van der Waals surface area contributed by atoms with Crippen LogP contribution in [0.2, 0.25) is 0 Å². The van der Waals surface area contributed by atoms with E-state index in [9.17, 15) is 18.7 Å². The SMILES string of the molecule is COc1cc(Oc2nc(Oc3cccc(C(=O)N(C)C)c3)c(F)c(C)c2F)c(O)c(C(=N)N)c1. The number of rotatable bonds is 7. The molecule has 34 heavy (non-hydrogen) atoms. The number of halogens is 2. The lowest BCUT2D eigenvalue weighted by Gasteiger charge is -2.15. The molecule has 1 amide bonds. The van der Waals surface area contributed by atoms with Crippen molar-refractivity contribution >= 4 is 11.7 Å². The number of hydrogen-bond acceptors (Lipinski definition) is 7. The number of hydrogen-bond donors (Lipinski definition) is 3. The predicted molar refractivity (Wildman–Crippen MR) is 119 cm³/mol. The molecule has 0 radical (unpaired) electrons. The Bertz CT molecular complexity index is 1280. The van der Waals surface area contributed by atoms with E-state index >= 15 is 0 Å². The summed E-state index contributed by atoms with van der Waals surface area (Å²) in [6, 6.07) is 8.46. The largest absolute Gasteiger partial charge is 0.504 e. The summed E-state index contributed by atoms with van der Waals surface area (Å²) >= 11 is 0. The van der Waals surface area contributed by atoms with Crippen molar-refractivity contribution in [1.29, 1.82) is 5.41 Å². The smallest absolute Gasteiger partial charge is 0.259 e. The van der Waals surface area contributed by atoms with Gasteiger partial charge in [-0.25, -0.2) is 8.78 Å². The van der Waals surface area contributed by atoms with Gasteiger partial charge < -0.3 is 30.0 Å². The van der Waals surface area contributed by atoms with Crippen molar-refractivity contribution in [1.82, 2.24) is 9.88 Å². The van der Waals surface area contributed by atoms with Gasteiger partial charge in [0.2, 0.25) is 0 Å². The molecule has 0 spiro atoms. The Hall–Kier alpha value is -4.41. The zero-order chi connectivity index (χ0) is 25.2. The molecule has 4 N–H and O–H groups in total. The quantitative estimate of drug-likeness (QED) is 0.350. The van der Waals surface area contributed by atoms with Gasteiger partial charge in [-0.1, -0.05) is 6.07 Å². The number of phenols is 1. The number of phenolic OH excluding ortho intramolecular Hbond substituents is 1. The summed E-state index contributed by atoms with van der Waals surface area (Å²) in [6.07, 6.45) is 0. The van der Waals surface area contributed by atoms with E-state index in [0.29, 0.717) is 0 Å². The van der Waals surface area contributed by atoms with E-state index in [1.54, 1.807) is 20.2 Å². The Morgan fingerprint density at radius 1 is 1.09 bits per heavy atom. The van der Waals surface area contributed by atoms with Crippen molar-refractivity contribution < 1.29 is 32.9 Å². The molecule has 0 aliphatic carbocycles. The molecule has 1 aromatic heterocycles. The summed E-state index contributed by atoms with van der Waals surface area (Å²) in [4.78, 5) is 17.3. The molecule has 3 aromatic rings. The molecule has 0 saturated heterocycles. The Balaban J connectivity index is 2.03. The number of pyridine rings is 1. The van der Waals surface area contributed by atoms with Gasteiger partial charge in [0.1, 0.15) is 17.3 Å². The number of nitrogens with one attached hydrogen (secondary N) is 1. The van der Waals surface area contributed by atoms with Gasteiger partial charge in [-0.05, 0) is 31.2 Å². The number of amides is 1. The number of nitrogens with two attached hydrogens (primary N) is 1. The average Bonchev–Trinajstić information content (AvgIpc) is 2.81. The predicted octanol–water partition coefficient (Wildman–Crippen LogP) is 3.95. The number of nitrogens with zero attached hydrogens (tertiary/aromatic N) is 2. The molecule has 1 heterocycles. The van der Waals surface area contributed by atoms with Crippen LogP contribution >= 0.6 is 0 Å². The third-order valence-corrected chi connectivity index (χ3v) is 4.72. The molecule has 178 valence electrons. The second-order valence-electron chi connectivity index (χ2n) is 7.34. The van der Waals surface area contributed by atoms with Crippen LogP contribution in [0.15, 0.2) is 36.4 Å². The Morgan fingerprint density at radius 2 is 1.74 bits per heavy atom. The molecule has 0 aliphatic rings. The molecule has 0 aliphatic heterocycles. The van der Waals surface area contributed by atoms with Crippen LogP contribution in [0.4, 0.5) is 8.78 Å². The number of carbonyl (C=O) groups excluding carboxylic acids is 1. The van der Waals surface area contributed by atoms with Crippen LogP contribution in [0, 0.1) is 24.0 Å². The fourth-order valence-corrected chi connectivity index (χ4v) is 2.89. The fraction of sp³-hybridized carbons (Fsp3) is 0.174. The van der Waals surface area contributed by atoms with Gasteiger partial charge >= 0.3 is 0 Å². The van der Waals surface area contributed by atoms with Gasteiger partial charge in [-0.2, -0.15) is 4.98 Å². The molecule has 0 fully saturated rings. The van der Waals surface area contributed by atoms with E-state index in [4.69, 9.17) is 25.4 Å². The van der Waals surface area contributed by atoms with Gasteiger partial charge in [0.05, 0.1) is 12.7 Å². The second kappa shape index (κ2) is 9.61. The maximum Gasteiger partial charge on any atom is 0.259 e. The fourth-order valence-electron chi connectivity index (χ4n) is 2.89. The number of carbonyl (C=O) groups is 1. The van der Waals surface area contributed by atoms with Crippen molar-refractivity contribution in [3.8, 4) is 34.8 Å². The van der Waals surface area contributed by atoms with Crippen LogP contribution in [0.1, 0.15) is 21.5 Å². The summed E-state index contributed by atoms with van der Waals surface area (Å²) in [6.45, 7) is 1.16. The number of ether oxygens (including phenoxy) is 3. The molecule has 11 heteroatoms. The van der Waals surface area contributed by atoms with Crippen molar-refractivity contribution in [2.24, 2.45) is 5.73 Å². The molecule has 3 rings (SSSR count). The number of aromatic hydroxyl groups is 1. The van der Waals surface area contributed by atoms with Crippen LogP contribution in [0.3, 0.4) is 0 Å². The minimum atomic E-state index is -1.13. The van der Waals surface area contributed by atoms with Gasteiger partial charge in [-0.3, -0.25) is 10.2 Å². The molecule has 9 nitrogen and oxygen atoms in total. The molecule has 0 atom stereocenters. The number of aromatic nitrogens is 1. The molecular formula is C23H22F2N4O5. The first-order valence-electron chi connectivity index (χ1n) is 9.81. The lowest BCUT2D eigenvalue weighted by atomic mass is 10.1. The van der Waals surface area contributed by atoms with E-state index in [1.165, 1.54) is 42.3 Å². The van der Waals surface area contributed by atoms with Gasteiger partial charge in [0.25, 0.3) is 17.7 Å². The van der Waals surface area contributed by atoms with E-state index < -0.39 is 40.5 Å². The molecular weight excluding hydrogens is 450 g/mol. The molecule has 0 bridgehead atoms. The van der Waals surface area contributed by atoms with Crippen molar-refractivity contribution in [2.45, 2.75) is 6.92 Å². The maximum atomic E-state index is 14.8. The van der Waals surface area contributed by atoms with E-state index in [1.807, 2.05) is 0 Å². The summed E-state index contributed by atoms with van der Waals surface area (Å²) in [5.74, 6) is -4.95. The minimum Gasteiger partial charge on any atom is -0.504 e. The van der Waals surface area contributed by atoms with Crippen LogP contribution in [-0.4, -0.2) is 47.9 Å². The van der Waals surface area contributed by atoms with E-state index in [-0.39, 0.29) is 34.3 Å². The van der Waals surface area contributed by atoms with Crippen LogP contribution < -0.4 is 19.9 Å². The van der Waals surface area contributed by atoms with Crippen molar-refractivity contribution in [3.05, 3.63) is 64.7 Å². The third-order valence-electron chi connectivity index (χ3n) is 4.72. The van der Waals surface area contributed by atoms with Gasteiger partial charge in [0, 0.05) is 31.3 Å². The monoisotopic (exact) mass is 472 g/mol. The zero-order valence-electron chi connectivity index (χ0n) is 18.8. The van der Waals surface area contributed by atoms with E-state index in [0.717, 1.165) is 6.92 Å². The van der Waals surface area contributed by atoms with Crippen LogP contribution in [0.25, 0.3) is 0 Å². The summed E-state index contributed by atoms with van der Waals surface area (Å²) in [5, 5.41) is 18.0. The first-order chi connectivity index (χ1) is 16.0. The highest BCUT2D eigenvalue weighted by atomic mass is 19.1. The number of nitrogen functional groups attached to an aromatic ring is 1. The van der Waals surface area contributed by atoms with E-state index in [2.05, 4.69) is 4.98 Å². The highest BCUT2D eigenvalue weighted by molar-refractivity contribution is 5.99. The summed E-state index contributed by atoms with van der Waals surface area (Å²) in [7, 11) is 4.49. The summed E-state index contributed by atoms with van der Waals surface area (Å²) in [5.41, 5.74) is 5.18. The molecule has 2 aromatic carbocycles. The first-order valence-corrected chi connectivity index (χ1v) is 9.81. The van der Waals surface area contributed by atoms with Crippen LogP contribution in [-0.2, 0) is 0 Å². The third kappa shape index (κ3) is 4.82. The minimum absolute atomic E-state index is 0.0825. The Kier molecular flexibility index (Phi) is 6.85. The van der Waals surface area contributed by atoms with Crippen molar-refractivity contribution in [2.75, 3.05) is 21.2 Å². The summed E-state index contributed by atoms with van der Waals surface area (Å²) < 4.78 is 45.5. The number of amidine groups is 1. The topological polar surface area (TPSA) is 131 Å². The lowest BCUT2D eigenvalue weighted by Crippen LogP contribution is -2.21. The highest BCUT2D eigenvalue weighted by Crippen LogP contribution is 2.39. The number of benzene rings is 2. The van der Waals surface area contributed by atoms with Gasteiger partial charge in [0.15, 0.2) is 23.1 Å². The second-order valence-corrected chi connectivity index (χ2v) is 7.34. The van der Waals surface area contributed by atoms with Gasteiger partial charge in [-0.15, -0.1) is 0 Å². The highest BCUT2D eigenvalue weighted by Gasteiger charge is 2.23. The maximum absolute atomic E-state index is 14.8. The number of methoxy groups -OCH3 is 1. The Morgan fingerprint density at radius 3 is 2.32 bits per heavy atom. The first kappa shape index (κ1) is 24.2. The molecule has 0 unspecified atom stereocenters. The average molecular weight is 472 g/mol. The van der Waals surface area contributed by atoms with Crippen LogP contribution in [0.5, 0.6) is 34.8 Å². The zero-order valence-corrected chi connectivity index (χ0v) is 18.8. The standard InChI is InChI=1S/C23H22F2N4O5/c1-11-17(24)21(33-13-7-5-6-12(8-13)23(31)29(2)3)28-22(18(11)25)34-16-10-14(32-4)9-15(19(16)30)20(26)27/h5-10,30H,1-4H3,(H3,26,27). The Labute approximate surface area is 193 Å². The molecule has 0 saturated carbocycles. The lowest BCUT2D eigenvalue weighted by molar-refractivity contribution is 0.0827.